The monoisotopic (exact) mass is 316 g/mol. The predicted octanol–water partition coefficient (Wildman–Crippen LogP) is 4.47. The average Bonchev–Trinajstić information content (AvgIpc) is 3.00. The summed E-state index contributed by atoms with van der Waals surface area (Å²) >= 11 is 1.66. The van der Waals surface area contributed by atoms with Gasteiger partial charge in [0.15, 0.2) is 5.13 Å². The Morgan fingerprint density at radius 3 is 2.77 bits per heavy atom. The van der Waals surface area contributed by atoms with Crippen molar-refractivity contribution in [3.63, 3.8) is 0 Å². The molecule has 0 saturated carbocycles. The molecule has 0 radical (unpaired) electrons. The van der Waals surface area contributed by atoms with Gasteiger partial charge in [-0.15, -0.1) is 11.3 Å². The van der Waals surface area contributed by atoms with E-state index in [2.05, 4.69) is 54.5 Å². The molecule has 1 saturated heterocycles. The Kier molecular flexibility index (Phi) is 4.50. The summed E-state index contributed by atoms with van der Waals surface area (Å²) in [6.07, 6.45) is 5.09. The average molecular weight is 316 g/mol. The molecule has 118 valence electrons. The lowest BCUT2D eigenvalue weighted by molar-refractivity contribution is -0.0834. The van der Waals surface area contributed by atoms with Crippen LogP contribution >= 0.6 is 11.3 Å². The highest BCUT2D eigenvalue weighted by Crippen LogP contribution is 2.43. The zero-order chi connectivity index (χ0) is 15.5. The maximum Gasteiger partial charge on any atom is 0.182 e. The second-order valence-corrected chi connectivity index (χ2v) is 7.59. The predicted molar refractivity (Wildman–Crippen MR) is 92.6 cm³/mol. The quantitative estimate of drug-likeness (QED) is 0.883. The molecule has 22 heavy (non-hydrogen) atoms. The highest BCUT2D eigenvalue weighted by atomic mass is 32.1. The molecule has 1 fully saturated rings. The topological polar surface area (TPSA) is 34.2 Å². The van der Waals surface area contributed by atoms with Crippen LogP contribution in [-0.2, 0) is 10.2 Å². The van der Waals surface area contributed by atoms with Crippen molar-refractivity contribution in [3.05, 3.63) is 47.5 Å². The third-order valence-corrected chi connectivity index (χ3v) is 5.27. The van der Waals surface area contributed by atoms with Crippen LogP contribution in [0.5, 0.6) is 0 Å². The molecule has 2 heterocycles. The Hall–Kier alpha value is -1.39. The van der Waals surface area contributed by atoms with Gasteiger partial charge in [0.05, 0.1) is 5.60 Å². The molecule has 0 unspecified atom stereocenters. The van der Waals surface area contributed by atoms with Crippen LogP contribution in [0.15, 0.2) is 41.9 Å². The number of hydrogen-bond donors (Lipinski definition) is 1. The van der Waals surface area contributed by atoms with E-state index in [9.17, 15) is 0 Å². The molecule has 1 aliphatic rings. The Morgan fingerprint density at radius 1 is 1.27 bits per heavy atom. The molecule has 1 N–H and O–H groups in total. The maximum atomic E-state index is 5.96. The van der Waals surface area contributed by atoms with Crippen LogP contribution in [-0.4, -0.2) is 23.7 Å². The Balaban J connectivity index is 1.77. The molecule has 1 aliphatic heterocycles. The first kappa shape index (κ1) is 15.5. The number of benzene rings is 1. The first-order valence-corrected chi connectivity index (χ1v) is 8.81. The molecule has 4 heteroatoms. The number of nitrogens with zero attached hydrogens (tertiary/aromatic N) is 1. The molecule has 2 aromatic rings. The lowest BCUT2D eigenvalue weighted by Gasteiger charge is -2.45. The van der Waals surface area contributed by atoms with E-state index in [-0.39, 0.29) is 11.0 Å². The molecular weight excluding hydrogens is 292 g/mol. The van der Waals surface area contributed by atoms with Gasteiger partial charge in [0.2, 0.25) is 0 Å². The molecule has 0 aliphatic carbocycles. The number of ether oxygens (including phenoxy) is 1. The fraction of sp³-hybridized carbons (Fsp3) is 0.500. The van der Waals surface area contributed by atoms with Gasteiger partial charge >= 0.3 is 0 Å². The number of hydrogen-bond acceptors (Lipinski definition) is 4. The van der Waals surface area contributed by atoms with E-state index in [1.165, 1.54) is 5.56 Å². The van der Waals surface area contributed by atoms with Crippen molar-refractivity contribution < 1.29 is 4.74 Å². The van der Waals surface area contributed by atoms with Crippen LogP contribution in [0, 0.1) is 0 Å². The first-order valence-electron chi connectivity index (χ1n) is 7.93. The normalized spacial score (nSPS) is 24.1. The Morgan fingerprint density at radius 2 is 2.09 bits per heavy atom. The van der Waals surface area contributed by atoms with Crippen LogP contribution in [0.25, 0.3) is 0 Å². The molecule has 3 rings (SSSR count). The number of rotatable bonds is 5. The maximum absolute atomic E-state index is 5.96. The van der Waals surface area contributed by atoms with Gasteiger partial charge in [-0.05, 0) is 38.7 Å². The lowest BCUT2D eigenvalue weighted by Crippen LogP contribution is -2.44. The summed E-state index contributed by atoms with van der Waals surface area (Å²) in [5, 5.41) is 6.48. The van der Waals surface area contributed by atoms with Crippen LogP contribution < -0.4 is 5.32 Å². The van der Waals surface area contributed by atoms with E-state index < -0.39 is 0 Å². The van der Waals surface area contributed by atoms with Crippen molar-refractivity contribution in [2.45, 2.75) is 44.1 Å². The number of thiazole rings is 1. The van der Waals surface area contributed by atoms with Gasteiger partial charge in [0, 0.05) is 30.1 Å². The lowest BCUT2D eigenvalue weighted by atomic mass is 9.67. The molecule has 0 bridgehead atoms. The number of nitrogens with one attached hydrogen (secondary N) is 1. The third kappa shape index (κ3) is 3.50. The van der Waals surface area contributed by atoms with Gasteiger partial charge in [-0.3, -0.25) is 0 Å². The van der Waals surface area contributed by atoms with Crippen molar-refractivity contribution in [3.8, 4) is 0 Å². The smallest absolute Gasteiger partial charge is 0.182 e. The summed E-state index contributed by atoms with van der Waals surface area (Å²) in [4.78, 5) is 4.31. The second kappa shape index (κ2) is 6.39. The van der Waals surface area contributed by atoms with Crippen molar-refractivity contribution in [1.29, 1.82) is 0 Å². The fourth-order valence-corrected chi connectivity index (χ4v) is 4.15. The third-order valence-electron chi connectivity index (χ3n) is 4.54. The summed E-state index contributed by atoms with van der Waals surface area (Å²) in [7, 11) is 0. The van der Waals surface area contributed by atoms with E-state index in [0.29, 0.717) is 0 Å². The Labute approximate surface area is 136 Å². The van der Waals surface area contributed by atoms with Gasteiger partial charge in [0.1, 0.15) is 0 Å². The fourth-order valence-electron chi connectivity index (χ4n) is 3.59. The van der Waals surface area contributed by atoms with E-state index in [1.54, 1.807) is 11.3 Å². The van der Waals surface area contributed by atoms with Gasteiger partial charge < -0.3 is 10.1 Å². The van der Waals surface area contributed by atoms with Crippen molar-refractivity contribution in [1.82, 2.24) is 4.98 Å². The number of anilines is 1. The van der Waals surface area contributed by atoms with Crippen molar-refractivity contribution in [2.24, 2.45) is 0 Å². The van der Waals surface area contributed by atoms with Crippen molar-refractivity contribution in [2.75, 3.05) is 18.5 Å². The molecule has 0 spiro atoms. The van der Waals surface area contributed by atoms with Crippen molar-refractivity contribution >= 4 is 16.5 Å². The van der Waals surface area contributed by atoms with Gasteiger partial charge in [-0.2, -0.15) is 0 Å². The number of aromatic nitrogens is 1. The van der Waals surface area contributed by atoms with Crippen LogP contribution in [0.3, 0.4) is 0 Å². The largest absolute Gasteiger partial charge is 0.376 e. The zero-order valence-electron chi connectivity index (χ0n) is 13.3. The van der Waals surface area contributed by atoms with Gasteiger partial charge in [-0.25, -0.2) is 4.98 Å². The summed E-state index contributed by atoms with van der Waals surface area (Å²) in [6.45, 7) is 6.19. The molecule has 1 aromatic heterocycles. The highest BCUT2D eigenvalue weighted by Gasteiger charge is 2.41. The summed E-state index contributed by atoms with van der Waals surface area (Å²) in [5.74, 6) is 0. The summed E-state index contributed by atoms with van der Waals surface area (Å²) < 4.78 is 5.96. The molecular formula is C18H24N2OS. The minimum absolute atomic E-state index is 0.0602. The molecule has 1 atom stereocenters. The van der Waals surface area contributed by atoms with Gasteiger partial charge in [-0.1, -0.05) is 30.3 Å². The van der Waals surface area contributed by atoms with E-state index in [4.69, 9.17) is 4.74 Å². The first-order chi connectivity index (χ1) is 10.6. The minimum Gasteiger partial charge on any atom is -0.376 e. The van der Waals surface area contributed by atoms with E-state index in [0.717, 1.165) is 37.5 Å². The molecule has 3 nitrogen and oxygen atoms in total. The standard InChI is InChI=1S/C18H24N2OS/c1-17(2)14-18(9-12-21-17,15-6-4-3-5-7-15)8-10-19-16-20-11-13-22-16/h3-7,11,13H,8-10,12,14H2,1-2H3,(H,19,20)/t18-/m0/s1. The van der Waals surface area contributed by atoms with Crippen LogP contribution in [0.1, 0.15) is 38.7 Å². The van der Waals surface area contributed by atoms with Crippen LogP contribution in [0.2, 0.25) is 0 Å². The zero-order valence-corrected chi connectivity index (χ0v) is 14.2. The SMILES string of the molecule is CC1(C)C[C@@](CCNc2nccs2)(c2ccccc2)CCO1. The summed E-state index contributed by atoms with van der Waals surface area (Å²) in [6, 6.07) is 10.9. The molecule has 0 amide bonds. The highest BCUT2D eigenvalue weighted by molar-refractivity contribution is 7.13. The van der Waals surface area contributed by atoms with Gasteiger partial charge in [0.25, 0.3) is 0 Å². The Bertz CT molecular complexity index is 582. The molecule has 1 aromatic carbocycles. The van der Waals surface area contributed by atoms with Crippen LogP contribution in [0.4, 0.5) is 5.13 Å². The van der Waals surface area contributed by atoms with E-state index in [1.807, 2.05) is 11.6 Å². The minimum atomic E-state index is -0.0602. The second-order valence-electron chi connectivity index (χ2n) is 6.70. The van der Waals surface area contributed by atoms with E-state index >= 15 is 0 Å². The summed E-state index contributed by atoms with van der Waals surface area (Å²) in [5.41, 5.74) is 1.56.